The van der Waals surface area contributed by atoms with E-state index in [-0.39, 0.29) is 5.69 Å². The van der Waals surface area contributed by atoms with Crippen molar-refractivity contribution < 1.29 is 14.7 Å². The minimum absolute atomic E-state index is 0.0417. The first-order valence-electron chi connectivity index (χ1n) is 2.90. The first kappa shape index (κ1) is 7.40. The number of aliphatic carboxylic acids is 1. The maximum absolute atomic E-state index is 10.7. The van der Waals surface area contributed by atoms with E-state index in [0.717, 1.165) is 0 Å². The van der Waals surface area contributed by atoms with Crippen molar-refractivity contribution in [2.24, 2.45) is 0 Å². The number of Topliss-reactive ketones (excluding diaryl/α,β-unsaturated/α-hetero) is 1. The summed E-state index contributed by atoms with van der Waals surface area (Å²) in [4.78, 5) is 24.4. The minimum atomic E-state index is -1.48. The molecule has 0 spiro atoms. The summed E-state index contributed by atoms with van der Waals surface area (Å²) in [7, 11) is 0. The molecule has 1 aromatic rings. The predicted molar refractivity (Wildman–Crippen MR) is 36.2 cm³/mol. The van der Waals surface area contributed by atoms with E-state index < -0.39 is 11.8 Å². The quantitative estimate of drug-likeness (QED) is 0.490. The Morgan fingerprint density at radius 2 is 2.09 bits per heavy atom. The van der Waals surface area contributed by atoms with Gasteiger partial charge in [0.25, 0.3) is 5.78 Å². The Morgan fingerprint density at radius 3 is 2.55 bits per heavy atom. The monoisotopic (exact) mass is 152 g/mol. The van der Waals surface area contributed by atoms with Crippen molar-refractivity contribution in [3.05, 3.63) is 30.1 Å². The number of carboxylic acid groups (broad SMARTS) is 1. The van der Waals surface area contributed by atoms with Crippen molar-refractivity contribution in [2.75, 3.05) is 0 Å². The van der Waals surface area contributed by atoms with Gasteiger partial charge in [-0.15, -0.1) is 0 Å². The standard InChI is InChI=1S/C7H5NO3/c9-6(7(10)11)5-3-1-2-4-8-5/h1-4H,(H,10,11)/i8+1. The van der Waals surface area contributed by atoms with Gasteiger partial charge in [0.2, 0.25) is 0 Å². The van der Waals surface area contributed by atoms with Crippen LogP contribution in [0.25, 0.3) is 0 Å². The molecular formula is C7H5NO3. The van der Waals surface area contributed by atoms with Gasteiger partial charge in [0, 0.05) is 6.20 Å². The fourth-order valence-corrected chi connectivity index (χ4v) is 0.607. The van der Waals surface area contributed by atoms with Gasteiger partial charge in [-0.25, -0.2) is 4.79 Å². The minimum Gasteiger partial charge on any atom is -0.475 e. The summed E-state index contributed by atoms with van der Waals surface area (Å²) >= 11 is 0. The summed E-state index contributed by atoms with van der Waals surface area (Å²) in [5.41, 5.74) is -0.0417. The van der Waals surface area contributed by atoms with Gasteiger partial charge in [0.05, 0.1) is 0 Å². The van der Waals surface area contributed by atoms with E-state index in [0.29, 0.717) is 0 Å². The molecule has 0 atom stereocenters. The number of carbonyl (C=O) groups excluding carboxylic acids is 1. The van der Waals surface area contributed by atoms with Crippen LogP contribution in [0, 0.1) is 0 Å². The van der Waals surface area contributed by atoms with Crippen molar-refractivity contribution in [3.63, 3.8) is 0 Å². The van der Waals surface area contributed by atoms with Crippen LogP contribution in [0.4, 0.5) is 0 Å². The normalized spacial score (nSPS) is 9.09. The number of rotatable bonds is 2. The molecule has 1 rings (SSSR count). The zero-order valence-corrected chi connectivity index (χ0v) is 5.52. The molecule has 0 aliphatic rings. The molecule has 0 aliphatic heterocycles. The summed E-state index contributed by atoms with van der Waals surface area (Å²) in [5, 5.41) is 8.25. The second-order valence-corrected chi connectivity index (χ2v) is 1.85. The molecule has 0 amide bonds. The van der Waals surface area contributed by atoms with E-state index in [1.165, 1.54) is 12.3 Å². The molecule has 1 N–H and O–H groups in total. The highest BCUT2D eigenvalue weighted by Crippen LogP contribution is 1.94. The van der Waals surface area contributed by atoms with Crippen LogP contribution in [-0.4, -0.2) is 21.8 Å². The highest BCUT2D eigenvalue weighted by atomic mass is 16.4. The maximum atomic E-state index is 10.7. The van der Waals surface area contributed by atoms with Crippen LogP contribution in [-0.2, 0) is 4.79 Å². The molecule has 0 fully saturated rings. The Labute approximate surface area is 62.5 Å². The summed E-state index contributed by atoms with van der Waals surface area (Å²) in [6.07, 6.45) is 1.37. The van der Waals surface area contributed by atoms with E-state index >= 15 is 0 Å². The molecule has 4 nitrogen and oxygen atoms in total. The SMILES string of the molecule is O=C(O)C(=O)c1cccc[15n]1. The second-order valence-electron chi connectivity index (χ2n) is 1.85. The lowest BCUT2D eigenvalue weighted by molar-refractivity contribution is -0.131. The highest BCUT2D eigenvalue weighted by molar-refractivity contribution is 6.39. The first-order valence-corrected chi connectivity index (χ1v) is 2.90. The lowest BCUT2D eigenvalue weighted by atomic mass is 10.3. The topological polar surface area (TPSA) is 67.3 Å². The third kappa shape index (κ3) is 1.61. The Kier molecular flexibility index (Phi) is 1.96. The smallest absolute Gasteiger partial charge is 0.378 e. The van der Waals surface area contributed by atoms with E-state index in [2.05, 4.69) is 4.98 Å². The van der Waals surface area contributed by atoms with E-state index in [9.17, 15) is 9.59 Å². The molecular weight excluding hydrogens is 147 g/mol. The van der Waals surface area contributed by atoms with Gasteiger partial charge in [0.1, 0.15) is 5.69 Å². The molecule has 1 heterocycles. The van der Waals surface area contributed by atoms with Crippen molar-refractivity contribution in [3.8, 4) is 0 Å². The van der Waals surface area contributed by atoms with E-state index in [4.69, 9.17) is 5.11 Å². The van der Waals surface area contributed by atoms with Crippen LogP contribution < -0.4 is 0 Å². The van der Waals surface area contributed by atoms with Gasteiger partial charge in [0.15, 0.2) is 0 Å². The molecule has 0 bridgehead atoms. The zero-order valence-electron chi connectivity index (χ0n) is 5.52. The van der Waals surface area contributed by atoms with Gasteiger partial charge in [-0.05, 0) is 12.1 Å². The Morgan fingerprint density at radius 1 is 1.36 bits per heavy atom. The molecule has 0 unspecified atom stereocenters. The van der Waals surface area contributed by atoms with Crippen molar-refractivity contribution >= 4 is 11.8 Å². The van der Waals surface area contributed by atoms with Crippen LogP contribution in [0.1, 0.15) is 10.5 Å². The van der Waals surface area contributed by atoms with Gasteiger partial charge in [-0.2, -0.15) is 0 Å². The van der Waals surface area contributed by atoms with Gasteiger partial charge >= 0.3 is 5.97 Å². The third-order valence-corrected chi connectivity index (χ3v) is 1.09. The molecule has 56 valence electrons. The molecule has 11 heavy (non-hydrogen) atoms. The van der Waals surface area contributed by atoms with Crippen molar-refractivity contribution in [1.82, 2.24) is 4.98 Å². The summed E-state index contributed by atoms with van der Waals surface area (Å²) in [6, 6.07) is 4.53. The third-order valence-electron chi connectivity index (χ3n) is 1.09. The van der Waals surface area contributed by atoms with Crippen molar-refractivity contribution in [2.45, 2.75) is 0 Å². The number of nitrogens with zero attached hydrogens (tertiary/aromatic N) is 1. The zero-order chi connectivity index (χ0) is 8.27. The molecule has 0 radical (unpaired) electrons. The average molecular weight is 152 g/mol. The molecule has 4 heteroatoms. The largest absolute Gasteiger partial charge is 0.475 e. The lowest BCUT2D eigenvalue weighted by Crippen LogP contribution is -2.13. The van der Waals surface area contributed by atoms with Gasteiger partial charge in [-0.1, -0.05) is 6.07 Å². The van der Waals surface area contributed by atoms with Gasteiger partial charge in [-0.3, -0.25) is 9.78 Å². The van der Waals surface area contributed by atoms with E-state index in [1.54, 1.807) is 12.1 Å². The van der Waals surface area contributed by atoms with Crippen LogP contribution in [0.5, 0.6) is 0 Å². The fraction of sp³-hybridized carbons (Fsp3) is 0. The molecule has 0 saturated carbocycles. The number of hydrogen-bond acceptors (Lipinski definition) is 3. The Balaban J connectivity index is 2.95. The molecule has 0 aromatic carbocycles. The van der Waals surface area contributed by atoms with Crippen LogP contribution in [0.15, 0.2) is 24.4 Å². The predicted octanol–water partition coefficient (Wildman–Crippen LogP) is 0.349. The van der Waals surface area contributed by atoms with Crippen LogP contribution in [0.3, 0.4) is 0 Å². The lowest BCUT2D eigenvalue weighted by Gasteiger charge is -1.90. The average Bonchev–Trinajstić information content (AvgIpc) is 2.05. The fourth-order valence-electron chi connectivity index (χ4n) is 0.607. The summed E-state index contributed by atoms with van der Waals surface area (Å²) < 4.78 is 0. The summed E-state index contributed by atoms with van der Waals surface area (Å²) in [5.74, 6) is -2.46. The Bertz CT molecular complexity index is 281. The maximum Gasteiger partial charge on any atom is 0.378 e. The summed E-state index contributed by atoms with van der Waals surface area (Å²) in [6.45, 7) is 0. The highest BCUT2D eigenvalue weighted by Gasteiger charge is 2.14. The second kappa shape index (κ2) is 2.92. The van der Waals surface area contributed by atoms with Gasteiger partial charge < -0.3 is 5.11 Å². The number of aromatic nitrogens is 1. The number of pyridine rings is 1. The van der Waals surface area contributed by atoms with E-state index in [1.807, 2.05) is 0 Å². The number of carboxylic acids is 1. The van der Waals surface area contributed by atoms with Crippen LogP contribution >= 0.6 is 0 Å². The molecule has 0 saturated heterocycles. The molecule has 1 aromatic heterocycles. The number of carbonyl (C=O) groups is 2. The van der Waals surface area contributed by atoms with Crippen molar-refractivity contribution in [1.29, 1.82) is 0 Å². The number of hydrogen-bond donors (Lipinski definition) is 1. The van der Waals surface area contributed by atoms with Crippen LogP contribution in [0.2, 0.25) is 0 Å². The Hall–Kier alpha value is -1.71. The molecule has 0 aliphatic carbocycles. The first-order chi connectivity index (χ1) is 5.22. The number of ketones is 1.